The third kappa shape index (κ3) is 3.88. The lowest BCUT2D eigenvalue weighted by molar-refractivity contribution is -0.146. The summed E-state index contributed by atoms with van der Waals surface area (Å²) in [4.78, 5) is 39.0. The predicted molar refractivity (Wildman–Crippen MR) is 96.8 cm³/mol. The summed E-state index contributed by atoms with van der Waals surface area (Å²) in [5.41, 5.74) is 6.59. The van der Waals surface area contributed by atoms with Crippen LogP contribution in [0.3, 0.4) is 0 Å². The summed E-state index contributed by atoms with van der Waals surface area (Å²) >= 11 is 0. The first-order chi connectivity index (χ1) is 12.5. The molecule has 3 amide bonds. The van der Waals surface area contributed by atoms with Gasteiger partial charge in [0.05, 0.1) is 6.04 Å². The highest BCUT2D eigenvalue weighted by molar-refractivity contribution is 5.94. The van der Waals surface area contributed by atoms with Crippen molar-refractivity contribution in [1.82, 2.24) is 15.5 Å². The van der Waals surface area contributed by atoms with Gasteiger partial charge in [0.2, 0.25) is 17.7 Å². The minimum Gasteiger partial charge on any atom is -0.350 e. The van der Waals surface area contributed by atoms with Crippen molar-refractivity contribution in [2.45, 2.75) is 63.3 Å². The molecule has 0 saturated carbocycles. The molecule has 26 heavy (non-hydrogen) atoms. The highest BCUT2D eigenvalue weighted by atomic mass is 16.2. The molecule has 140 valence electrons. The number of nitrogens with two attached hydrogens (primary N) is 1. The Bertz CT molecular complexity index is 677. The van der Waals surface area contributed by atoms with Gasteiger partial charge in [-0.3, -0.25) is 14.4 Å². The third-order valence-corrected chi connectivity index (χ3v) is 5.19. The van der Waals surface area contributed by atoms with E-state index in [9.17, 15) is 14.4 Å². The number of carbonyl (C=O) groups excluding carboxylic acids is 3. The van der Waals surface area contributed by atoms with Crippen LogP contribution in [-0.2, 0) is 20.9 Å². The number of rotatable bonds is 5. The van der Waals surface area contributed by atoms with Crippen LogP contribution in [0.4, 0.5) is 0 Å². The number of nitrogens with zero attached hydrogens (tertiary/aromatic N) is 1. The molecular weight excluding hydrogens is 332 g/mol. The molecule has 1 aromatic carbocycles. The van der Waals surface area contributed by atoms with Crippen molar-refractivity contribution in [2.24, 2.45) is 5.73 Å². The van der Waals surface area contributed by atoms with Gasteiger partial charge in [-0.05, 0) is 38.2 Å². The molecule has 1 unspecified atom stereocenters. The molecule has 4 atom stereocenters. The summed E-state index contributed by atoms with van der Waals surface area (Å²) in [5.74, 6) is -0.650. The zero-order valence-corrected chi connectivity index (χ0v) is 15.0. The van der Waals surface area contributed by atoms with Crippen LogP contribution in [0, 0.1) is 0 Å². The number of piperidine rings is 1. The Kier molecular flexibility index (Phi) is 5.56. The second kappa shape index (κ2) is 7.86. The van der Waals surface area contributed by atoms with Crippen LogP contribution < -0.4 is 16.4 Å². The second-order valence-electron chi connectivity index (χ2n) is 7.12. The number of hydrogen-bond acceptors (Lipinski definition) is 4. The van der Waals surface area contributed by atoms with Gasteiger partial charge >= 0.3 is 0 Å². The summed E-state index contributed by atoms with van der Waals surface area (Å²) < 4.78 is 0. The van der Waals surface area contributed by atoms with Gasteiger partial charge in [-0.1, -0.05) is 30.3 Å². The molecule has 0 bridgehead atoms. The number of nitrogens with one attached hydrogen (secondary N) is 2. The first kappa shape index (κ1) is 18.4. The lowest BCUT2D eigenvalue weighted by atomic mass is 9.97. The predicted octanol–water partition coefficient (Wildman–Crippen LogP) is 0.288. The van der Waals surface area contributed by atoms with Crippen LogP contribution in [0.25, 0.3) is 0 Å². The maximum atomic E-state index is 12.8. The summed E-state index contributed by atoms with van der Waals surface area (Å²) in [5, 5.41) is 5.64. The number of carbonyl (C=O) groups is 3. The number of hydrogen-bond donors (Lipinski definition) is 3. The Morgan fingerprint density at radius 3 is 2.58 bits per heavy atom. The maximum Gasteiger partial charge on any atom is 0.246 e. The standard InChI is InChI=1S/C19H26N4O3/c1-12(20)17(24)22-15-9-7-14-8-10-16(23(14)19(15)26)18(25)21-11-13-5-3-2-4-6-13/h2-6,12,14-16H,7-11,20H2,1H3,(H,21,25)(H,22,24)/t12-,14?,15-,16-/m0/s1. The van der Waals surface area contributed by atoms with Crippen molar-refractivity contribution < 1.29 is 14.4 Å². The average Bonchev–Trinajstić information content (AvgIpc) is 3.07. The SMILES string of the molecule is C[C@H](N)C(=O)N[C@H]1CCC2CC[C@@H](C(=O)NCc3ccccc3)N2C1=O. The van der Waals surface area contributed by atoms with E-state index in [2.05, 4.69) is 10.6 Å². The fraction of sp³-hybridized carbons (Fsp3) is 0.526. The molecule has 7 nitrogen and oxygen atoms in total. The zero-order chi connectivity index (χ0) is 18.7. The van der Waals surface area contributed by atoms with E-state index in [0.717, 1.165) is 18.4 Å². The molecule has 2 saturated heterocycles. The molecule has 0 aromatic heterocycles. The van der Waals surface area contributed by atoms with Crippen LogP contribution in [0.1, 0.15) is 38.2 Å². The molecule has 7 heteroatoms. The van der Waals surface area contributed by atoms with Gasteiger partial charge in [-0.2, -0.15) is 0 Å². The summed E-state index contributed by atoms with van der Waals surface area (Å²) in [7, 11) is 0. The lowest BCUT2D eigenvalue weighted by Gasteiger charge is -2.38. The van der Waals surface area contributed by atoms with Crippen LogP contribution in [-0.4, -0.2) is 46.8 Å². The van der Waals surface area contributed by atoms with Crippen LogP contribution in [0.15, 0.2) is 30.3 Å². The molecular formula is C19H26N4O3. The highest BCUT2D eigenvalue weighted by Gasteiger charge is 2.46. The molecule has 2 aliphatic heterocycles. The Morgan fingerprint density at radius 2 is 1.88 bits per heavy atom. The number of benzene rings is 1. The van der Waals surface area contributed by atoms with Gasteiger partial charge < -0.3 is 21.3 Å². The normalized spacial score (nSPS) is 26.2. The monoisotopic (exact) mass is 358 g/mol. The molecule has 0 radical (unpaired) electrons. The van der Waals surface area contributed by atoms with Crippen molar-refractivity contribution >= 4 is 17.7 Å². The van der Waals surface area contributed by atoms with E-state index in [1.165, 1.54) is 0 Å². The largest absolute Gasteiger partial charge is 0.350 e. The average molecular weight is 358 g/mol. The van der Waals surface area contributed by atoms with Gasteiger partial charge in [0, 0.05) is 12.6 Å². The summed E-state index contributed by atoms with van der Waals surface area (Å²) in [6.07, 6.45) is 2.86. The van der Waals surface area contributed by atoms with E-state index in [-0.39, 0.29) is 23.8 Å². The van der Waals surface area contributed by atoms with E-state index in [1.54, 1.807) is 11.8 Å². The second-order valence-corrected chi connectivity index (χ2v) is 7.12. The first-order valence-electron chi connectivity index (χ1n) is 9.17. The maximum absolute atomic E-state index is 12.8. The molecule has 0 spiro atoms. The van der Waals surface area contributed by atoms with Gasteiger partial charge in [-0.25, -0.2) is 0 Å². The number of amides is 3. The molecule has 2 fully saturated rings. The highest BCUT2D eigenvalue weighted by Crippen LogP contribution is 2.32. The van der Waals surface area contributed by atoms with Crippen molar-refractivity contribution in [3.8, 4) is 0 Å². The molecule has 0 aliphatic carbocycles. The van der Waals surface area contributed by atoms with Crippen molar-refractivity contribution in [3.05, 3.63) is 35.9 Å². The Labute approximate surface area is 153 Å². The van der Waals surface area contributed by atoms with Crippen molar-refractivity contribution in [2.75, 3.05) is 0 Å². The fourth-order valence-corrected chi connectivity index (χ4v) is 3.76. The van der Waals surface area contributed by atoms with E-state index in [0.29, 0.717) is 19.4 Å². The van der Waals surface area contributed by atoms with E-state index in [1.807, 2.05) is 30.3 Å². The lowest BCUT2D eigenvalue weighted by Crippen LogP contribution is -2.59. The molecule has 4 N–H and O–H groups in total. The van der Waals surface area contributed by atoms with Gasteiger partial charge in [0.1, 0.15) is 12.1 Å². The van der Waals surface area contributed by atoms with E-state index in [4.69, 9.17) is 5.73 Å². The van der Waals surface area contributed by atoms with Crippen LogP contribution in [0.5, 0.6) is 0 Å². The van der Waals surface area contributed by atoms with Crippen molar-refractivity contribution in [1.29, 1.82) is 0 Å². The van der Waals surface area contributed by atoms with E-state index < -0.39 is 18.1 Å². The van der Waals surface area contributed by atoms with Crippen LogP contribution in [0.2, 0.25) is 0 Å². The minimum atomic E-state index is -0.663. The van der Waals surface area contributed by atoms with Crippen molar-refractivity contribution in [3.63, 3.8) is 0 Å². The zero-order valence-electron chi connectivity index (χ0n) is 15.0. The molecule has 3 rings (SSSR count). The topological polar surface area (TPSA) is 105 Å². The minimum absolute atomic E-state index is 0.0819. The molecule has 1 aromatic rings. The Hall–Kier alpha value is -2.41. The Balaban J connectivity index is 1.63. The third-order valence-electron chi connectivity index (χ3n) is 5.19. The van der Waals surface area contributed by atoms with Gasteiger partial charge in [0.25, 0.3) is 0 Å². The van der Waals surface area contributed by atoms with Gasteiger partial charge in [0.15, 0.2) is 0 Å². The number of fused-ring (bicyclic) bond motifs is 1. The molecule has 2 aliphatic rings. The van der Waals surface area contributed by atoms with Gasteiger partial charge in [-0.15, -0.1) is 0 Å². The van der Waals surface area contributed by atoms with Crippen LogP contribution >= 0.6 is 0 Å². The summed E-state index contributed by atoms with van der Waals surface area (Å²) in [6.45, 7) is 2.02. The van der Waals surface area contributed by atoms with E-state index >= 15 is 0 Å². The first-order valence-corrected chi connectivity index (χ1v) is 9.17. The quantitative estimate of drug-likeness (QED) is 0.703. The molecule has 2 heterocycles. The Morgan fingerprint density at radius 1 is 1.19 bits per heavy atom. The smallest absolute Gasteiger partial charge is 0.246 e. The summed E-state index contributed by atoms with van der Waals surface area (Å²) in [6, 6.07) is 8.03. The fourth-order valence-electron chi connectivity index (χ4n) is 3.76.